The van der Waals surface area contributed by atoms with Crippen LogP contribution in [-0.4, -0.2) is 40.4 Å². The number of methoxy groups -OCH3 is 1. The highest BCUT2D eigenvalue weighted by atomic mass is 35.5. The molecule has 13 heteroatoms. The number of allylic oxidation sites excluding steroid dienone is 2. The quantitative estimate of drug-likeness (QED) is 0.250. The van der Waals surface area contributed by atoms with Gasteiger partial charge in [0.05, 0.1) is 17.8 Å². The molecule has 3 atom stereocenters. The molecule has 0 saturated carbocycles. The minimum absolute atomic E-state index is 0. The number of aromatic nitrogens is 2. The summed E-state index contributed by atoms with van der Waals surface area (Å²) in [6, 6.07) is 11.5. The predicted octanol–water partition coefficient (Wildman–Crippen LogP) is 6.48. The van der Waals surface area contributed by atoms with Gasteiger partial charge in [0.2, 0.25) is 17.9 Å². The number of anilines is 1. The van der Waals surface area contributed by atoms with Gasteiger partial charge in [0, 0.05) is 11.6 Å². The molecular formula is C28H29Cl2F3N4O4. The van der Waals surface area contributed by atoms with Gasteiger partial charge >= 0.3 is 12.1 Å². The fourth-order valence-electron chi connectivity index (χ4n) is 4.70. The number of nitrogens with two attached hydrogens (primary N) is 2. The van der Waals surface area contributed by atoms with Gasteiger partial charge < -0.3 is 26.0 Å². The molecule has 3 unspecified atom stereocenters. The van der Waals surface area contributed by atoms with E-state index in [0.29, 0.717) is 36.9 Å². The lowest BCUT2D eigenvalue weighted by molar-refractivity contribution is -0.198. The van der Waals surface area contributed by atoms with Crippen LogP contribution in [0.5, 0.6) is 11.6 Å². The highest BCUT2D eigenvalue weighted by Gasteiger charge is 2.45. The Morgan fingerprint density at radius 3 is 2.49 bits per heavy atom. The zero-order valence-electron chi connectivity index (χ0n) is 21.9. The van der Waals surface area contributed by atoms with Crippen LogP contribution < -0.4 is 20.9 Å². The van der Waals surface area contributed by atoms with Crippen molar-refractivity contribution in [2.75, 3.05) is 12.8 Å². The van der Waals surface area contributed by atoms with E-state index >= 15 is 0 Å². The summed E-state index contributed by atoms with van der Waals surface area (Å²) in [5.41, 5.74) is 13.1. The Morgan fingerprint density at radius 1 is 1.20 bits per heavy atom. The van der Waals surface area contributed by atoms with Gasteiger partial charge in [-0.25, -0.2) is 4.98 Å². The van der Waals surface area contributed by atoms with E-state index in [-0.39, 0.29) is 52.1 Å². The summed E-state index contributed by atoms with van der Waals surface area (Å²) in [4.78, 5) is 19.2. The minimum atomic E-state index is -4.84. The molecule has 41 heavy (non-hydrogen) atoms. The maximum absolute atomic E-state index is 14.5. The Balaban J connectivity index is 0.00000462. The third-order valence-electron chi connectivity index (χ3n) is 6.70. The number of hydrogen-bond donors (Lipinski definition) is 3. The van der Waals surface area contributed by atoms with Crippen molar-refractivity contribution < 1.29 is 32.5 Å². The van der Waals surface area contributed by atoms with E-state index in [1.807, 2.05) is 6.08 Å². The van der Waals surface area contributed by atoms with E-state index in [2.05, 4.69) is 9.97 Å². The predicted molar refractivity (Wildman–Crippen MR) is 152 cm³/mol. The molecule has 0 aliphatic heterocycles. The Hall–Kier alpha value is -3.54. The first-order valence-electron chi connectivity index (χ1n) is 12.4. The number of ether oxygens (including phenoxy) is 2. The molecular weight excluding hydrogens is 584 g/mol. The van der Waals surface area contributed by atoms with Gasteiger partial charge in [0.15, 0.2) is 0 Å². The molecule has 8 nitrogen and oxygen atoms in total. The number of hydrogen-bond acceptors (Lipinski definition) is 7. The molecule has 1 aromatic heterocycles. The second-order valence-corrected chi connectivity index (χ2v) is 9.89. The van der Waals surface area contributed by atoms with E-state index in [9.17, 15) is 18.0 Å². The molecule has 1 heterocycles. The van der Waals surface area contributed by atoms with Crippen LogP contribution in [0.3, 0.4) is 0 Å². The number of halogens is 5. The molecule has 0 spiro atoms. The van der Waals surface area contributed by atoms with Crippen molar-refractivity contribution >= 4 is 41.5 Å². The normalized spacial score (nSPS) is 16.6. The number of carboxylic acid groups (broad SMARTS) is 1. The third kappa shape index (κ3) is 7.81. The van der Waals surface area contributed by atoms with E-state index < -0.39 is 24.3 Å². The van der Waals surface area contributed by atoms with Gasteiger partial charge in [-0.3, -0.25) is 4.79 Å². The maximum atomic E-state index is 14.5. The molecule has 5 N–H and O–H groups in total. The second-order valence-electron chi connectivity index (χ2n) is 9.48. The molecule has 2 aromatic carbocycles. The Labute approximate surface area is 245 Å². The number of benzene rings is 2. The Kier molecular flexibility index (Phi) is 10.5. The molecule has 4 rings (SSSR count). The number of nitrogen functional groups attached to an aromatic ring is 1. The zero-order chi connectivity index (χ0) is 29.0. The summed E-state index contributed by atoms with van der Waals surface area (Å²) < 4.78 is 54.4. The lowest BCUT2D eigenvalue weighted by atomic mass is 9.84. The van der Waals surface area contributed by atoms with Gasteiger partial charge in [-0.05, 0) is 60.4 Å². The fraction of sp³-hybridized carbons (Fsp3) is 0.321. The summed E-state index contributed by atoms with van der Waals surface area (Å²) in [5.74, 6) is -1.54. The summed E-state index contributed by atoms with van der Waals surface area (Å²) in [7, 11) is 1.31. The number of rotatable bonds is 9. The van der Waals surface area contributed by atoms with E-state index in [1.165, 1.54) is 25.3 Å². The monoisotopic (exact) mass is 612 g/mol. The maximum Gasteiger partial charge on any atom is 0.429 e. The molecule has 0 saturated heterocycles. The van der Waals surface area contributed by atoms with Crippen LogP contribution in [0.4, 0.5) is 19.1 Å². The first-order valence-corrected chi connectivity index (χ1v) is 12.8. The zero-order valence-corrected chi connectivity index (χ0v) is 23.5. The average molecular weight is 613 g/mol. The van der Waals surface area contributed by atoms with Crippen LogP contribution in [0, 0.1) is 5.92 Å². The number of aliphatic carboxylic acids is 1. The van der Waals surface area contributed by atoms with Gasteiger partial charge in [-0.1, -0.05) is 48.0 Å². The van der Waals surface area contributed by atoms with Crippen LogP contribution in [-0.2, 0) is 4.79 Å². The lowest BCUT2D eigenvalue weighted by Gasteiger charge is -2.26. The molecule has 0 bridgehead atoms. The van der Waals surface area contributed by atoms with E-state index in [1.54, 1.807) is 30.3 Å². The van der Waals surface area contributed by atoms with E-state index in [0.717, 1.165) is 5.57 Å². The van der Waals surface area contributed by atoms with Crippen LogP contribution >= 0.6 is 24.0 Å². The smallest absolute Gasteiger partial charge is 0.429 e. The van der Waals surface area contributed by atoms with Gasteiger partial charge in [0.1, 0.15) is 11.8 Å². The van der Waals surface area contributed by atoms with Crippen LogP contribution in [0.15, 0.2) is 54.6 Å². The average Bonchev–Trinajstić information content (AvgIpc) is 2.91. The Morgan fingerprint density at radius 2 is 1.90 bits per heavy atom. The first-order chi connectivity index (χ1) is 19.0. The molecule has 1 aliphatic carbocycles. The second kappa shape index (κ2) is 13.4. The van der Waals surface area contributed by atoms with Crippen molar-refractivity contribution in [3.63, 3.8) is 0 Å². The van der Waals surface area contributed by atoms with Gasteiger partial charge in [0.25, 0.3) is 0 Å². The third-order valence-corrected chi connectivity index (χ3v) is 7.00. The van der Waals surface area contributed by atoms with Gasteiger partial charge in [-0.2, -0.15) is 18.2 Å². The first kappa shape index (κ1) is 32.0. The van der Waals surface area contributed by atoms with Crippen molar-refractivity contribution in [2.24, 2.45) is 11.7 Å². The standard InChI is InChI=1S/C28H28ClF3N4O4.ClH/c1-39-23-13-19(18(12-20(23)29)16-5-3-2-4-6-16)25(28(30,31)32)40-24-14-22(35-27(34)36-24)17-9-7-15(8-10-17)11-21(33)26(37)38;/h2-6,9,12-15,21,25H,7-8,10-11,33H2,1H3,(H,37,38)(H2,34,35,36);1H. The summed E-state index contributed by atoms with van der Waals surface area (Å²) in [6.07, 6.45) is -3.38. The molecule has 3 aromatic rings. The van der Waals surface area contributed by atoms with Crippen molar-refractivity contribution in [2.45, 2.75) is 44.0 Å². The van der Waals surface area contributed by atoms with Crippen molar-refractivity contribution in [1.82, 2.24) is 9.97 Å². The highest BCUT2D eigenvalue weighted by molar-refractivity contribution is 6.32. The highest BCUT2D eigenvalue weighted by Crippen LogP contribution is 2.44. The molecule has 0 fully saturated rings. The van der Waals surface area contributed by atoms with Crippen molar-refractivity contribution in [1.29, 1.82) is 0 Å². The van der Waals surface area contributed by atoms with E-state index in [4.69, 9.17) is 37.6 Å². The number of nitrogens with zero attached hydrogens (tertiary/aromatic N) is 2. The minimum Gasteiger partial charge on any atom is -0.495 e. The summed E-state index contributed by atoms with van der Waals surface area (Å²) >= 11 is 6.29. The van der Waals surface area contributed by atoms with Crippen molar-refractivity contribution in [3.05, 3.63) is 70.9 Å². The van der Waals surface area contributed by atoms with Crippen LogP contribution in [0.1, 0.15) is 43.0 Å². The largest absolute Gasteiger partial charge is 0.495 e. The molecule has 220 valence electrons. The number of carbonyl (C=O) groups is 1. The van der Waals surface area contributed by atoms with Gasteiger partial charge in [-0.15, -0.1) is 12.4 Å². The lowest BCUT2D eigenvalue weighted by Crippen LogP contribution is -2.32. The topological polar surface area (TPSA) is 134 Å². The van der Waals surface area contributed by atoms with Crippen molar-refractivity contribution in [3.8, 4) is 22.8 Å². The summed E-state index contributed by atoms with van der Waals surface area (Å²) in [6.45, 7) is 0. The fourth-order valence-corrected chi connectivity index (χ4v) is 4.94. The Bertz CT molecular complexity index is 1410. The molecule has 1 aliphatic rings. The van der Waals surface area contributed by atoms with Crippen LogP contribution in [0.25, 0.3) is 16.7 Å². The van der Waals surface area contributed by atoms with Crippen LogP contribution in [0.2, 0.25) is 5.02 Å². The number of alkyl halides is 3. The summed E-state index contributed by atoms with van der Waals surface area (Å²) in [5, 5.41) is 9.21. The molecule has 0 amide bonds. The number of carboxylic acids is 1. The SMILES string of the molecule is COc1cc(C(Oc2cc(C3=CCC(CC(N)C(=O)O)CC3)nc(N)n2)C(F)(F)F)c(-c2ccccc2)cc1Cl.Cl. The molecule has 0 radical (unpaired) electrons.